The van der Waals surface area contributed by atoms with Gasteiger partial charge >= 0.3 is 0 Å². The maximum absolute atomic E-state index is 12.7. The van der Waals surface area contributed by atoms with Crippen LogP contribution in [0, 0.1) is 6.92 Å². The van der Waals surface area contributed by atoms with Crippen molar-refractivity contribution in [1.82, 2.24) is 29.5 Å². The highest BCUT2D eigenvalue weighted by Gasteiger charge is 2.35. The van der Waals surface area contributed by atoms with E-state index >= 15 is 0 Å². The Morgan fingerprint density at radius 3 is 2.59 bits per heavy atom. The molecule has 10 heteroatoms. The molecule has 3 aromatic heterocycles. The lowest BCUT2D eigenvalue weighted by molar-refractivity contribution is 0.0918. The number of rotatable bonds is 5. The third-order valence-electron chi connectivity index (χ3n) is 5.06. The van der Waals surface area contributed by atoms with Gasteiger partial charge in [-0.2, -0.15) is 5.10 Å². The predicted molar refractivity (Wildman–Crippen MR) is 105 cm³/mol. The molecule has 1 aliphatic carbocycles. The number of aliphatic hydroxyl groups is 1. The molecule has 0 saturated heterocycles. The van der Waals surface area contributed by atoms with E-state index in [-0.39, 0.29) is 10.8 Å². The first kappa shape index (κ1) is 19.6. The molecule has 2 N–H and O–H groups in total. The van der Waals surface area contributed by atoms with E-state index in [1.54, 1.807) is 23.1 Å². The molecular weight excluding hydrogens is 392 g/mol. The highest BCUT2D eigenvalue weighted by molar-refractivity contribution is 7.89. The molecule has 1 saturated carbocycles. The SMILES string of the molecule is Cc1nc([C@H]2CC[C@@H](O)[C@H](NS(=O)(=O)c3cccnc3)C2)n(-c2cccnc2)n1. The van der Waals surface area contributed by atoms with Crippen LogP contribution >= 0.6 is 0 Å². The van der Waals surface area contributed by atoms with E-state index in [9.17, 15) is 13.5 Å². The van der Waals surface area contributed by atoms with Gasteiger partial charge in [-0.15, -0.1) is 0 Å². The fourth-order valence-corrected chi connectivity index (χ4v) is 4.90. The Labute approximate surface area is 168 Å². The quantitative estimate of drug-likeness (QED) is 0.646. The number of hydrogen-bond acceptors (Lipinski definition) is 7. The van der Waals surface area contributed by atoms with Gasteiger partial charge in [0.25, 0.3) is 0 Å². The summed E-state index contributed by atoms with van der Waals surface area (Å²) in [5.41, 5.74) is 0.793. The van der Waals surface area contributed by atoms with Crippen molar-refractivity contribution in [2.45, 2.75) is 49.1 Å². The Hall–Kier alpha value is -2.69. The third-order valence-corrected chi connectivity index (χ3v) is 6.53. The number of hydrogen-bond donors (Lipinski definition) is 2. The number of aliphatic hydroxyl groups excluding tert-OH is 1. The monoisotopic (exact) mass is 414 g/mol. The number of nitrogens with zero attached hydrogens (tertiary/aromatic N) is 5. The maximum Gasteiger partial charge on any atom is 0.242 e. The van der Waals surface area contributed by atoms with Crippen LogP contribution in [-0.4, -0.2) is 50.4 Å². The Kier molecular flexibility index (Phi) is 5.39. The summed E-state index contributed by atoms with van der Waals surface area (Å²) in [7, 11) is -3.78. The normalized spacial score (nSPS) is 22.5. The third kappa shape index (κ3) is 4.19. The maximum atomic E-state index is 12.7. The minimum Gasteiger partial charge on any atom is -0.391 e. The largest absolute Gasteiger partial charge is 0.391 e. The van der Waals surface area contributed by atoms with Crippen LogP contribution in [0.15, 0.2) is 53.9 Å². The fourth-order valence-electron chi connectivity index (χ4n) is 3.65. The zero-order valence-corrected chi connectivity index (χ0v) is 16.7. The summed E-state index contributed by atoms with van der Waals surface area (Å²) in [6.07, 6.45) is 6.99. The van der Waals surface area contributed by atoms with Gasteiger partial charge in [-0.05, 0) is 50.5 Å². The topological polar surface area (TPSA) is 123 Å². The molecule has 3 heterocycles. The minimum atomic E-state index is -3.78. The first-order chi connectivity index (χ1) is 13.9. The van der Waals surface area contributed by atoms with Crippen LogP contribution in [-0.2, 0) is 10.0 Å². The summed E-state index contributed by atoms with van der Waals surface area (Å²) < 4.78 is 29.7. The van der Waals surface area contributed by atoms with Crippen molar-refractivity contribution in [2.75, 3.05) is 0 Å². The summed E-state index contributed by atoms with van der Waals surface area (Å²) >= 11 is 0. The van der Waals surface area contributed by atoms with Crippen LogP contribution in [0.3, 0.4) is 0 Å². The summed E-state index contributed by atoms with van der Waals surface area (Å²) in [5.74, 6) is 1.32. The molecule has 1 fully saturated rings. The zero-order chi connectivity index (χ0) is 20.4. The second-order valence-corrected chi connectivity index (χ2v) is 8.85. The molecular formula is C19H22N6O3S. The van der Waals surface area contributed by atoms with Gasteiger partial charge in [0.2, 0.25) is 10.0 Å². The van der Waals surface area contributed by atoms with Gasteiger partial charge in [0, 0.05) is 30.6 Å². The first-order valence-electron chi connectivity index (χ1n) is 9.38. The van der Waals surface area contributed by atoms with Gasteiger partial charge in [0.1, 0.15) is 16.5 Å². The molecule has 3 atom stereocenters. The number of aromatic nitrogens is 5. The lowest BCUT2D eigenvalue weighted by Crippen LogP contribution is -2.46. The van der Waals surface area contributed by atoms with Gasteiger partial charge in [0.15, 0.2) is 0 Å². The molecule has 0 radical (unpaired) electrons. The smallest absolute Gasteiger partial charge is 0.242 e. The molecule has 29 heavy (non-hydrogen) atoms. The van der Waals surface area contributed by atoms with E-state index in [4.69, 9.17) is 0 Å². The van der Waals surface area contributed by atoms with Crippen molar-refractivity contribution in [1.29, 1.82) is 0 Å². The molecule has 152 valence electrons. The van der Waals surface area contributed by atoms with Gasteiger partial charge < -0.3 is 5.11 Å². The van der Waals surface area contributed by atoms with E-state index in [0.717, 1.165) is 11.5 Å². The fraction of sp³-hybridized carbons (Fsp3) is 0.368. The van der Waals surface area contributed by atoms with Crippen molar-refractivity contribution < 1.29 is 13.5 Å². The Morgan fingerprint density at radius 2 is 1.90 bits per heavy atom. The Bertz CT molecular complexity index is 1070. The first-order valence-corrected chi connectivity index (χ1v) is 10.9. The van der Waals surface area contributed by atoms with Gasteiger partial charge in [-0.3, -0.25) is 9.97 Å². The van der Waals surface area contributed by atoms with E-state index < -0.39 is 22.2 Å². The summed E-state index contributed by atoms with van der Waals surface area (Å²) in [5, 5.41) is 14.9. The van der Waals surface area contributed by atoms with Crippen molar-refractivity contribution in [3.8, 4) is 5.69 Å². The lowest BCUT2D eigenvalue weighted by atomic mass is 9.83. The van der Waals surface area contributed by atoms with Crippen LogP contribution in [0.1, 0.15) is 36.8 Å². The van der Waals surface area contributed by atoms with Gasteiger partial charge in [-0.25, -0.2) is 22.8 Å². The van der Waals surface area contributed by atoms with Crippen molar-refractivity contribution in [3.05, 3.63) is 60.7 Å². The molecule has 1 aliphatic rings. The molecule has 0 bridgehead atoms. The number of sulfonamides is 1. The standard InChI is InChI=1S/C19H22N6O3S/c1-13-22-19(25(23-13)15-4-2-8-20-11-15)14-6-7-18(26)17(10-14)24-29(27,28)16-5-3-9-21-12-16/h2-5,8-9,11-12,14,17-18,24,26H,6-7,10H2,1H3/t14-,17+,18+/m0/s1. The summed E-state index contributed by atoms with van der Waals surface area (Å²) in [6, 6.07) is 6.13. The average molecular weight is 414 g/mol. The van der Waals surface area contributed by atoms with Gasteiger partial charge in [0.05, 0.1) is 18.0 Å². The zero-order valence-electron chi connectivity index (χ0n) is 15.9. The van der Waals surface area contributed by atoms with Crippen LogP contribution in [0.4, 0.5) is 0 Å². The lowest BCUT2D eigenvalue weighted by Gasteiger charge is -2.33. The van der Waals surface area contributed by atoms with Crippen LogP contribution in [0.2, 0.25) is 0 Å². The van der Waals surface area contributed by atoms with Crippen molar-refractivity contribution >= 4 is 10.0 Å². The summed E-state index contributed by atoms with van der Waals surface area (Å²) in [4.78, 5) is 12.7. The number of pyridine rings is 2. The van der Waals surface area contributed by atoms with Crippen molar-refractivity contribution in [3.63, 3.8) is 0 Å². The second-order valence-electron chi connectivity index (χ2n) is 7.13. The molecule has 3 aromatic rings. The Morgan fingerprint density at radius 1 is 1.14 bits per heavy atom. The highest BCUT2D eigenvalue weighted by Crippen LogP contribution is 2.34. The second kappa shape index (κ2) is 7.97. The molecule has 0 unspecified atom stereocenters. The van der Waals surface area contributed by atoms with Crippen LogP contribution < -0.4 is 4.72 Å². The Balaban J connectivity index is 1.59. The number of nitrogens with one attached hydrogen (secondary N) is 1. The van der Waals surface area contributed by atoms with E-state index in [1.165, 1.54) is 18.5 Å². The molecule has 4 rings (SSSR count). The van der Waals surface area contributed by atoms with Crippen LogP contribution in [0.25, 0.3) is 5.69 Å². The highest BCUT2D eigenvalue weighted by atomic mass is 32.2. The van der Waals surface area contributed by atoms with E-state index in [1.807, 2.05) is 19.1 Å². The minimum absolute atomic E-state index is 0.0543. The number of aryl methyl sites for hydroxylation is 1. The van der Waals surface area contributed by atoms with Crippen molar-refractivity contribution in [2.24, 2.45) is 0 Å². The predicted octanol–water partition coefficient (Wildman–Crippen LogP) is 1.34. The molecule has 0 spiro atoms. The average Bonchev–Trinajstić information content (AvgIpc) is 3.12. The summed E-state index contributed by atoms with van der Waals surface area (Å²) in [6.45, 7) is 1.82. The van der Waals surface area contributed by atoms with E-state index in [0.29, 0.717) is 25.1 Å². The van der Waals surface area contributed by atoms with Crippen LogP contribution in [0.5, 0.6) is 0 Å². The molecule has 0 amide bonds. The molecule has 9 nitrogen and oxygen atoms in total. The molecule has 0 aromatic carbocycles. The molecule has 0 aliphatic heterocycles. The van der Waals surface area contributed by atoms with Gasteiger partial charge in [-0.1, -0.05) is 0 Å². The van der Waals surface area contributed by atoms with E-state index in [2.05, 4.69) is 24.8 Å².